The van der Waals surface area contributed by atoms with Crippen molar-refractivity contribution in [3.63, 3.8) is 0 Å². The Hall–Kier alpha value is -2.01. The fraction of sp³-hybridized carbons (Fsp3) is 0.133. The van der Waals surface area contributed by atoms with Crippen molar-refractivity contribution in [1.82, 2.24) is 5.32 Å². The van der Waals surface area contributed by atoms with E-state index in [1.54, 1.807) is 0 Å². The topological polar surface area (TPSA) is 29.1 Å². The van der Waals surface area contributed by atoms with E-state index in [2.05, 4.69) is 5.32 Å². The number of carbonyl (C=O) groups excluding carboxylic acids is 1. The third-order valence-corrected chi connectivity index (χ3v) is 3.03. The van der Waals surface area contributed by atoms with Gasteiger partial charge in [-0.2, -0.15) is 0 Å². The van der Waals surface area contributed by atoms with Crippen LogP contribution < -0.4 is 5.32 Å². The molecular formula is C15H11ClF3NO. The van der Waals surface area contributed by atoms with Crippen LogP contribution in [0.2, 0.25) is 5.02 Å². The summed E-state index contributed by atoms with van der Waals surface area (Å²) >= 11 is 5.70. The molecule has 0 radical (unpaired) electrons. The summed E-state index contributed by atoms with van der Waals surface area (Å²) in [4.78, 5) is 11.8. The molecule has 1 N–H and O–H groups in total. The second-order valence-electron chi connectivity index (χ2n) is 4.41. The molecule has 0 aliphatic heterocycles. The van der Waals surface area contributed by atoms with Crippen molar-refractivity contribution in [3.05, 3.63) is 70.0 Å². The molecular weight excluding hydrogens is 303 g/mol. The molecule has 0 aromatic heterocycles. The summed E-state index contributed by atoms with van der Waals surface area (Å²) in [6.07, 6.45) is 0.225. The lowest BCUT2D eigenvalue weighted by Gasteiger charge is -2.07. The van der Waals surface area contributed by atoms with E-state index in [1.807, 2.05) is 0 Å². The lowest BCUT2D eigenvalue weighted by Crippen LogP contribution is -2.26. The number of nitrogens with one attached hydrogen (secondary N) is 1. The van der Waals surface area contributed by atoms with E-state index >= 15 is 0 Å². The van der Waals surface area contributed by atoms with Crippen molar-refractivity contribution in [2.24, 2.45) is 0 Å². The molecule has 1 amide bonds. The first-order valence-electron chi connectivity index (χ1n) is 6.14. The fourth-order valence-electron chi connectivity index (χ4n) is 1.84. The van der Waals surface area contributed by atoms with Gasteiger partial charge in [-0.3, -0.25) is 4.79 Å². The van der Waals surface area contributed by atoms with Gasteiger partial charge in [0.25, 0.3) is 5.91 Å². The minimum absolute atomic E-state index is 0.119. The number of halogens is 4. The van der Waals surface area contributed by atoms with Crippen LogP contribution in [0.3, 0.4) is 0 Å². The van der Waals surface area contributed by atoms with Gasteiger partial charge in [0, 0.05) is 17.6 Å². The van der Waals surface area contributed by atoms with Crippen LogP contribution in [0.25, 0.3) is 0 Å². The Balaban J connectivity index is 1.96. The lowest BCUT2D eigenvalue weighted by atomic mass is 10.1. The van der Waals surface area contributed by atoms with Gasteiger partial charge >= 0.3 is 0 Å². The third kappa shape index (κ3) is 4.23. The highest BCUT2D eigenvalue weighted by Crippen LogP contribution is 2.14. The SMILES string of the molecule is O=C(NCCc1cc(F)cc(F)c1)c1cc(Cl)ccc1F. The van der Waals surface area contributed by atoms with E-state index in [1.165, 1.54) is 24.3 Å². The van der Waals surface area contributed by atoms with Gasteiger partial charge in [-0.05, 0) is 42.3 Å². The molecule has 2 nitrogen and oxygen atoms in total. The monoisotopic (exact) mass is 313 g/mol. The summed E-state index contributed by atoms with van der Waals surface area (Å²) in [6.45, 7) is 0.119. The Morgan fingerprint density at radius 1 is 1.05 bits per heavy atom. The Labute approximate surface area is 124 Å². The minimum Gasteiger partial charge on any atom is -0.352 e. The van der Waals surface area contributed by atoms with E-state index in [4.69, 9.17) is 11.6 Å². The van der Waals surface area contributed by atoms with E-state index in [-0.39, 0.29) is 23.6 Å². The predicted octanol–water partition coefficient (Wildman–Crippen LogP) is 3.73. The Morgan fingerprint density at radius 3 is 2.38 bits per heavy atom. The van der Waals surface area contributed by atoms with Crippen molar-refractivity contribution in [3.8, 4) is 0 Å². The average Bonchev–Trinajstić information content (AvgIpc) is 2.40. The van der Waals surface area contributed by atoms with Crippen molar-refractivity contribution in [2.75, 3.05) is 6.54 Å². The van der Waals surface area contributed by atoms with Gasteiger partial charge in [-0.25, -0.2) is 13.2 Å². The molecule has 6 heteroatoms. The summed E-state index contributed by atoms with van der Waals surface area (Å²) in [5.74, 6) is -2.69. The molecule has 0 spiro atoms. The molecule has 2 rings (SSSR count). The number of benzene rings is 2. The molecule has 0 unspecified atom stereocenters. The smallest absolute Gasteiger partial charge is 0.254 e. The lowest BCUT2D eigenvalue weighted by molar-refractivity contribution is 0.0950. The standard InChI is InChI=1S/C15H11ClF3NO/c16-10-1-2-14(19)13(7-10)15(21)20-4-3-9-5-11(17)8-12(18)6-9/h1-2,5-8H,3-4H2,(H,20,21). The highest BCUT2D eigenvalue weighted by molar-refractivity contribution is 6.30. The first-order chi connectivity index (χ1) is 9.95. The largest absolute Gasteiger partial charge is 0.352 e. The zero-order valence-electron chi connectivity index (χ0n) is 10.8. The summed E-state index contributed by atoms with van der Waals surface area (Å²) in [5.41, 5.74) is 0.229. The van der Waals surface area contributed by atoms with Crippen LogP contribution in [0.1, 0.15) is 15.9 Å². The van der Waals surface area contributed by atoms with Gasteiger partial charge < -0.3 is 5.32 Å². The summed E-state index contributed by atoms with van der Waals surface area (Å²) in [7, 11) is 0. The molecule has 0 saturated heterocycles. The van der Waals surface area contributed by atoms with Crippen LogP contribution in [-0.4, -0.2) is 12.5 Å². The van der Waals surface area contributed by atoms with Crippen molar-refractivity contribution in [2.45, 2.75) is 6.42 Å². The maximum absolute atomic E-state index is 13.5. The first kappa shape index (κ1) is 15.4. The summed E-state index contributed by atoms with van der Waals surface area (Å²) < 4.78 is 39.4. The summed E-state index contributed by atoms with van der Waals surface area (Å²) in [5, 5.41) is 2.72. The van der Waals surface area contributed by atoms with Crippen molar-refractivity contribution >= 4 is 17.5 Å². The van der Waals surface area contributed by atoms with Crippen LogP contribution >= 0.6 is 11.6 Å². The van der Waals surface area contributed by atoms with Crippen LogP contribution in [0.4, 0.5) is 13.2 Å². The molecule has 2 aromatic rings. The molecule has 0 saturated carbocycles. The number of rotatable bonds is 4. The zero-order valence-corrected chi connectivity index (χ0v) is 11.6. The van der Waals surface area contributed by atoms with Crippen LogP contribution in [0, 0.1) is 17.5 Å². The molecule has 21 heavy (non-hydrogen) atoms. The van der Waals surface area contributed by atoms with Gasteiger partial charge in [0.15, 0.2) is 0 Å². The van der Waals surface area contributed by atoms with Gasteiger partial charge in [0.05, 0.1) is 5.56 Å². The van der Waals surface area contributed by atoms with Crippen LogP contribution in [-0.2, 0) is 6.42 Å². The van der Waals surface area contributed by atoms with E-state index < -0.39 is 23.4 Å². The van der Waals surface area contributed by atoms with Gasteiger partial charge in [-0.1, -0.05) is 11.6 Å². The van der Waals surface area contributed by atoms with Crippen LogP contribution in [0.5, 0.6) is 0 Å². The zero-order chi connectivity index (χ0) is 15.4. The second kappa shape index (κ2) is 6.63. The maximum Gasteiger partial charge on any atom is 0.254 e. The molecule has 0 atom stereocenters. The Kier molecular flexibility index (Phi) is 4.85. The fourth-order valence-corrected chi connectivity index (χ4v) is 2.01. The first-order valence-corrected chi connectivity index (χ1v) is 6.52. The van der Waals surface area contributed by atoms with Gasteiger partial charge in [0.1, 0.15) is 17.5 Å². The molecule has 2 aromatic carbocycles. The van der Waals surface area contributed by atoms with E-state index in [9.17, 15) is 18.0 Å². The number of carbonyl (C=O) groups is 1. The number of hydrogen-bond acceptors (Lipinski definition) is 1. The van der Waals surface area contributed by atoms with Crippen molar-refractivity contribution < 1.29 is 18.0 Å². The highest BCUT2D eigenvalue weighted by atomic mass is 35.5. The highest BCUT2D eigenvalue weighted by Gasteiger charge is 2.11. The quantitative estimate of drug-likeness (QED) is 0.915. The minimum atomic E-state index is -0.686. The maximum atomic E-state index is 13.5. The normalized spacial score (nSPS) is 10.5. The molecule has 110 valence electrons. The predicted molar refractivity (Wildman–Crippen MR) is 73.8 cm³/mol. The third-order valence-electron chi connectivity index (χ3n) is 2.79. The molecule has 0 aliphatic carbocycles. The summed E-state index contributed by atoms with van der Waals surface area (Å²) in [6, 6.07) is 6.77. The van der Waals surface area contributed by atoms with E-state index in [0.29, 0.717) is 5.56 Å². The van der Waals surface area contributed by atoms with Gasteiger partial charge in [0.2, 0.25) is 0 Å². The Morgan fingerprint density at radius 2 is 1.71 bits per heavy atom. The number of amides is 1. The molecule has 0 fully saturated rings. The van der Waals surface area contributed by atoms with Crippen molar-refractivity contribution in [1.29, 1.82) is 0 Å². The molecule has 0 heterocycles. The van der Waals surface area contributed by atoms with Crippen LogP contribution in [0.15, 0.2) is 36.4 Å². The van der Waals surface area contributed by atoms with Gasteiger partial charge in [-0.15, -0.1) is 0 Å². The Bertz CT molecular complexity index is 656. The number of hydrogen-bond donors (Lipinski definition) is 1. The van der Waals surface area contributed by atoms with E-state index in [0.717, 1.165) is 12.1 Å². The second-order valence-corrected chi connectivity index (χ2v) is 4.84. The molecule has 0 bridgehead atoms. The molecule has 0 aliphatic rings. The average molecular weight is 314 g/mol.